The van der Waals surface area contributed by atoms with E-state index in [1.165, 1.54) is 0 Å². The molecule has 0 unspecified atom stereocenters. The lowest BCUT2D eigenvalue weighted by Crippen LogP contribution is -2.22. The van der Waals surface area contributed by atoms with Gasteiger partial charge in [-0.05, 0) is 40.2 Å². The van der Waals surface area contributed by atoms with Crippen LogP contribution in [0.2, 0.25) is 10.0 Å². The highest BCUT2D eigenvalue weighted by molar-refractivity contribution is 9.10. The maximum atomic E-state index is 6.28. The molecule has 5 heteroatoms. The molecular weight excluding hydrogens is 373 g/mol. The number of para-hydroxylation sites is 1. The largest absolute Gasteiger partial charge is 0.454 e. The minimum Gasteiger partial charge on any atom is -0.454 e. The standard InChI is InChI=1S/C16H16BrCl2NO/c1-10(2)20-9-11-4-3-5-14(19)16(11)21-15-7-6-12(18)8-13(15)17/h3-8,10,20H,9H2,1-2H3. The highest BCUT2D eigenvalue weighted by atomic mass is 79.9. The Labute approximate surface area is 143 Å². The second-order valence-corrected chi connectivity index (χ2v) is 6.64. The molecule has 0 fully saturated rings. The van der Waals surface area contributed by atoms with Gasteiger partial charge in [-0.3, -0.25) is 0 Å². The van der Waals surface area contributed by atoms with Gasteiger partial charge < -0.3 is 10.1 Å². The van der Waals surface area contributed by atoms with Crippen LogP contribution in [0.3, 0.4) is 0 Å². The van der Waals surface area contributed by atoms with Crippen LogP contribution in [0, 0.1) is 0 Å². The summed E-state index contributed by atoms with van der Waals surface area (Å²) < 4.78 is 6.77. The van der Waals surface area contributed by atoms with Crippen LogP contribution in [0.5, 0.6) is 11.5 Å². The number of hydrogen-bond donors (Lipinski definition) is 1. The quantitative estimate of drug-likeness (QED) is 0.673. The number of rotatable bonds is 5. The van der Waals surface area contributed by atoms with E-state index in [1.54, 1.807) is 12.1 Å². The van der Waals surface area contributed by atoms with Crippen molar-refractivity contribution in [1.29, 1.82) is 0 Å². The fourth-order valence-corrected chi connectivity index (χ4v) is 2.79. The average molecular weight is 389 g/mol. The van der Waals surface area contributed by atoms with Crippen LogP contribution in [-0.4, -0.2) is 6.04 Å². The van der Waals surface area contributed by atoms with E-state index in [2.05, 4.69) is 35.1 Å². The molecule has 0 aromatic heterocycles. The Balaban J connectivity index is 2.29. The number of halogens is 3. The topological polar surface area (TPSA) is 21.3 Å². The van der Waals surface area contributed by atoms with E-state index in [0.717, 1.165) is 10.0 Å². The molecule has 0 radical (unpaired) electrons. The zero-order valence-electron chi connectivity index (χ0n) is 11.8. The van der Waals surface area contributed by atoms with Gasteiger partial charge in [0.25, 0.3) is 0 Å². The lowest BCUT2D eigenvalue weighted by Gasteiger charge is -2.15. The summed E-state index contributed by atoms with van der Waals surface area (Å²) in [5.74, 6) is 1.34. The first-order valence-electron chi connectivity index (χ1n) is 6.61. The highest BCUT2D eigenvalue weighted by Crippen LogP contribution is 2.37. The summed E-state index contributed by atoms with van der Waals surface area (Å²) in [5.41, 5.74) is 1.01. The molecule has 112 valence electrons. The number of benzene rings is 2. The molecule has 0 atom stereocenters. The third-order valence-electron chi connectivity index (χ3n) is 2.86. The molecule has 0 aliphatic carbocycles. The van der Waals surface area contributed by atoms with Crippen molar-refractivity contribution < 1.29 is 4.74 Å². The van der Waals surface area contributed by atoms with Gasteiger partial charge in [-0.25, -0.2) is 0 Å². The Morgan fingerprint density at radius 2 is 1.95 bits per heavy atom. The van der Waals surface area contributed by atoms with E-state index in [4.69, 9.17) is 27.9 Å². The van der Waals surface area contributed by atoms with Gasteiger partial charge in [0, 0.05) is 23.2 Å². The summed E-state index contributed by atoms with van der Waals surface area (Å²) >= 11 is 15.7. The van der Waals surface area contributed by atoms with Crippen LogP contribution in [0.4, 0.5) is 0 Å². The van der Waals surface area contributed by atoms with Crippen LogP contribution in [0.25, 0.3) is 0 Å². The average Bonchev–Trinajstić information content (AvgIpc) is 2.42. The molecule has 0 spiro atoms. The minimum atomic E-state index is 0.388. The third-order valence-corrected chi connectivity index (χ3v) is 4.01. The monoisotopic (exact) mass is 387 g/mol. The predicted molar refractivity (Wildman–Crippen MR) is 92.7 cm³/mol. The molecule has 0 heterocycles. The zero-order valence-corrected chi connectivity index (χ0v) is 14.9. The summed E-state index contributed by atoms with van der Waals surface area (Å²) in [6, 6.07) is 11.5. The van der Waals surface area contributed by atoms with Gasteiger partial charge in [0.15, 0.2) is 5.75 Å². The molecule has 0 saturated carbocycles. The Bertz CT molecular complexity index is 632. The lowest BCUT2D eigenvalue weighted by molar-refractivity contribution is 0.467. The van der Waals surface area contributed by atoms with Crippen molar-refractivity contribution >= 4 is 39.1 Å². The molecule has 21 heavy (non-hydrogen) atoms. The molecule has 2 aromatic carbocycles. The van der Waals surface area contributed by atoms with E-state index >= 15 is 0 Å². The van der Waals surface area contributed by atoms with Crippen molar-refractivity contribution in [3.63, 3.8) is 0 Å². The van der Waals surface area contributed by atoms with Gasteiger partial charge in [0.2, 0.25) is 0 Å². The summed E-state index contributed by atoms with van der Waals surface area (Å²) in [6.45, 7) is 4.89. The van der Waals surface area contributed by atoms with Gasteiger partial charge in [-0.2, -0.15) is 0 Å². The zero-order chi connectivity index (χ0) is 15.4. The highest BCUT2D eigenvalue weighted by Gasteiger charge is 2.12. The van der Waals surface area contributed by atoms with Crippen molar-refractivity contribution in [2.75, 3.05) is 0 Å². The van der Waals surface area contributed by atoms with Crippen molar-refractivity contribution in [2.24, 2.45) is 0 Å². The first kappa shape index (κ1) is 16.6. The molecular formula is C16H16BrCl2NO. The minimum absolute atomic E-state index is 0.388. The fraction of sp³-hybridized carbons (Fsp3) is 0.250. The smallest absolute Gasteiger partial charge is 0.150 e. The van der Waals surface area contributed by atoms with Crippen LogP contribution in [-0.2, 0) is 6.54 Å². The SMILES string of the molecule is CC(C)NCc1cccc(Cl)c1Oc1ccc(Cl)cc1Br. The summed E-state index contributed by atoms with van der Waals surface area (Å²) in [4.78, 5) is 0. The Hall–Kier alpha value is -0.740. The summed E-state index contributed by atoms with van der Waals surface area (Å²) in [5, 5.41) is 4.60. The summed E-state index contributed by atoms with van der Waals surface area (Å²) in [6.07, 6.45) is 0. The van der Waals surface area contributed by atoms with Gasteiger partial charge in [0.1, 0.15) is 5.75 Å². The number of hydrogen-bond acceptors (Lipinski definition) is 2. The second kappa shape index (κ2) is 7.50. The maximum Gasteiger partial charge on any atom is 0.150 e. The molecule has 2 aromatic rings. The molecule has 2 nitrogen and oxygen atoms in total. The van der Waals surface area contributed by atoms with Gasteiger partial charge in [-0.1, -0.05) is 49.2 Å². The van der Waals surface area contributed by atoms with E-state index in [0.29, 0.717) is 34.1 Å². The van der Waals surface area contributed by atoms with Gasteiger partial charge in [-0.15, -0.1) is 0 Å². The van der Waals surface area contributed by atoms with E-state index in [1.807, 2.05) is 24.3 Å². The Kier molecular flexibility index (Phi) is 5.94. The van der Waals surface area contributed by atoms with E-state index < -0.39 is 0 Å². The van der Waals surface area contributed by atoms with Crippen LogP contribution < -0.4 is 10.1 Å². The van der Waals surface area contributed by atoms with Crippen LogP contribution in [0.15, 0.2) is 40.9 Å². The second-order valence-electron chi connectivity index (χ2n) is 4.94. The molecule has 1 N–H and O–H groups in total. The summed E-state index contributed by atoms with van der Waals surface area (Å²) in [7, 11) is 0. The van der Waals surface area contributed by atoms with Gasteiger partial charge in [0.05, 0.1) is 9.50 Å². The maximum absolute atomic E-state index is 6.28. The first-order valence-corrected chi connectivity index (χ1v) is 8.16. The van der Waals surface area contributed by atoms with Crippen molar-refractivity contribution in [3.05, 3.63) is 56.5 Å². The van der Waals surface area contributed by atoms with E-state index in [-0.39, 0.29) is 0 Å². The number of ether oxygens (including phenoxy) is 1. The Morgan fingerprint density at radius 1 is 1.19 bits per heavy atom. The third kappa shape index (κ3) is 4.62. The van der Waals surface area contributed by atoms with Crippen molar-refractivity contribution in [1.82, 2.24) is 5.32 Å². The van der Waals surface area contributed by atoms with Crippen molar-refractivity contribution in [3.8, 4) is 11.5 Å². The van der Waals surface area contributed by atoms with Gasteiger partial charge >= 0.3 is 0 Å². The van der Waals surface area contributed by atoms with Crippen molar-refractivity contribution in [2.45, 2.75) is 26.4 Å². The number of nitrogens with one attached hydrogen (secondary N) is 1. The normalized spacial score (nSPS) is 11.0. The van der Waals surface area contributed by atoms with E-state index in [9.17, 15) is 0 Å². The molecule has 0 saturated heterocycles. The molecule has 2 rings (SSSR count). The Morgan fingerprint density at radius 3 is 2.62 bits per heavy atom. The lowest BCUT2D eigenvalue weighted by atomic mass is 10.2. The molecule has 0 amide bonds. The fourth-order valence-electron chi connectivity index (χ4n) is 1.79. The molecule has 0 aliphatic rings. The van der Waals surface area contributed by atoms with Crippen LogP contribution in [0.1, 0.15) is 19.4 Å². The predicted octanol–water partition coefficient (Wildman–Crippen LogP) is 6.05. The molecule has 0 bridgehead atoms. The first-order chi connectivity index (χ1) is 9.97. The molecule has 0 aliphatic heterocycles. The van der Waals surface area contributed by atoms with Crippen LogP contribution >= 0.6 is 39.1 Å².